The van der Waals surface area contributed by atoms with Gasteiger partial charge in [0.2, 0.25) is 10.0 Å². The number of aryl methyl sites for hydroxylation is 1. The average Bonchev–Trinajstić information content (AvgIpc) is 2.67. The number of sulfonamides is 1. The molecule has 5 nitrogen and oxygen atoms in total. The fourth-order valence-electron chi connectivity index (χ4n) is 3.67. The highest BCUT2D eigenvalue weighted by Crippen LogP contribution is 2.35. The van der Waals surface area contributed by atoms with Crippen molar-refractivity contribution in [2.75, 3.05) is 6.54 Å². The van der Waals surface area contributed by atoms with Crippen LogP contribution in [0.1, 0.15) is 24.0 Å². The maximum atomic E-state index is 12.9. The van der Waals surface area contributed by atoms with Gasteiger partial charge >= 0.3 is 0 Å². The molecule has 0 unspecified atom stereocenters. The number of fused-ring (bicyclic) bond motifs is 2. The fraction of sp³-hybridized carbons (Fsp3) is 0.250. The van der Waals surface area contributed by atoms with Crippen molar-refractivity contribution in [2.45, 2.75) is 29.8 Å². The van der Waals surface area contributed by atoms with Crippen LogP contribution in [0.3, 0.4) is 0 Å². The highest BCUT2D eigenvalue weighted by molar-refractivity contribution is 7.89. The second-order valence-corrected chi connectivity index (χ2v) is 8.43. The van der Waals surface area contributed by atoms with Gasteiger partial charge in [-0.05, 0) is 42.5 Å². The molecular weight excluding hydrogens is 348 g/mol. The van der Waals surface area contributed by atoms with Gasteiger partial charge in [-0.2, -0.15) is 0 Å². The van der Waals surface area contributed by atoms with Crippen LogP contribution in [0.5, 0.6) is 0 Å². The minimum atomic E-state index is -3.80. The number of aromatic nitrogens is 1. The normalized spacial score (nSPS) is 20.0. The molecule has 1 aliphatic carbocycles. The Bertz CT molecular complexity index is 1060. The third-order valence-corrected chi connectivity index (χ3v) is 6.43. The van der Waals surface area contributed by atoms with Crippen molar-refractivity contribution in [3.8, 4) is 0 Å². The SMILES string of the molecule is O=S(=O)(NC[C@]1(O)CCCc2ccccc21)c1cccc2cccnc12. The first-order chi connectivity index (χ1) is 12.5. The Balaban J connectivity index is 1.65. The van der Waals surface area contributed by atoms with Crippen molar-refractivity contribution >= 4 is 20.9 Å². The third kappa shape index (κ3) is 3.00. The van der Waals surface area contributed by atoms with Gasteiger partial charge in [-0.1, -0.05) is 42.5 Å². The molecule has 26 heavy (non-hydrogen) atoms. The summed E-state index contributed by atoms with van der Waals surface area (Å²) in [6.07, 6.45) is 3.83. The van der Waals surface area contributed by atoms with E-state index in [2.05, 4.69) is 9.71 Å². The maximum Gasteiger partial charge on any atom is 0.242 e. The number of para-hydroxylation sites is 1. The number of aliphatic hydroxyl groups is 1. The van der Waals surface area contributed by atoms with E-state index in [4.69, 9.17) is 0 Å². The Kier molecular flexibility index (Phi) is 4.26. The van der Waals surface area contributed by atoms with E-state index in [1.165, 1.54) is 6.07 Å². The molecule has 2 aromatic carbocycles. The van der Waals surface area contributed by atoms with Crippen molar-refractivity contribution in [1.82, 2.24) is 9.71 Å². The smallest absolute Gasteiger partial charge is 0.242 e. The maximum absolute atomic E-state index is 12.9. The molecule has 0 saturated carbocycles. The van der Waals surface area contributed by atoms with E-state index in [1.54, 1.807) is 18.3 Å². The number of pyridine rings is 1. The van der Waals surface area contributed by atoms with Gasteiger partial charge in [-0.15, -0.1) is 0 Å². The van der Waals surface area contributed by atoms with Crippen molar-refractivity contribution < 1.29 is 13.5 Å². The molecule has 0 amide bonds. The molecule has 3 aromatic rings. The lowest BCUT2D eigenvalue weighted by Gasteiger charge is -2.34. The average molecular weight is 368 g/mol. The number of hydrogen-bond acceptors (Lipinski definition) is 4. The number of rotatable bonds is 4. The van der Waals surface area contributed by atoms with Gasteiger partial charge in [0.1, 0.15) is 10.5 Å². The molecule has 0 aliphatic heterocycles. The van der Waals surface area contributed by atoms with Crippen LogP contribution in [0.2, 0.25) is 0 Å². The van der Waals surface area contributed by atoms with Crippen molar-refractivity contribution in [3.05, 3.63) is 71.9 Å². The zero-order chi connectivity index (χ0) is 18.2. The molecule has 4 rings (SSSR count). The summed E-state index contributed by atoms with van der Waals surface area (Å²) in [6, 6.07) is 16.3. The topological polar surface area (TPSA) is 79.3 Å². The number of hydrogen-bond donors (Lipinski definition) is 2. The summed E-state index contributed by atoms with van der Waals surface area (Å²) in [5.74, 6) is 0. The summed E-state index contributed by atoms with van der Waals surface area (Å²) in [4.78, 5) is 4.34. The largest absolute Gasteiger partial charge is 0.384 e. The minimum absolute atomic E-state index is 0.0600. The molecule has 0 saturated heterocycles. The molecule has 134 valence electrons. The Hall–Kier alpha value is -2.28. The Labute approximate surface area is 152 Å². The van der Waals surface area contributed by atoms with E-state index < -0.39 is 15.6 Å². The quantitative estimate of drug-likeness (QED) is 0.742. The molecule has 6 heteroatoms. The highest BCUT2D eigenvalue weighted by atomic mass is 32.2. The van der Waals surface area contributed by atoms with Gasteiger partial charge in [0.15, 0.2) is 0 Å². The highest BCUT2D eigenvalue weighted by Gasteiger charge is 2.35. The Morgan fingerprint density at radius 3 is 2.77 bits per heavy atom. The first-order valence-electron chi connectivity index (χ1n) is 8.64. The van der Waals surface area contributed by atoms with E-state index in [1.807, 2.05) is 36.4 Å². The molecule has 1 aliphatic rings. The molecular formula is C20H20N2O3S. The van der Waals surface area contributed by atoms with E-state index >= 15 is 0 Å². The third-order valence-electron chi connectivity index (χ3n) is 5.00. The summed E-state index contributed by atoms with van der Waals surface area (Å²) in [6.45, 7) is -0.0600. The van der Waals surface area contributed by atoms with Gasteiger partial charge in [-0.3, -0.25) is 4.98 Å². The second kappa shape index (κ2) is 6.46. The van der Waals surface area contributed by atoms with Crippen molar-refractivity contribution in [1.29, 1.82) is 0 Å². The molecule has 1 aromatic heterocycles. The molecule has 2 N–H and O–H groups in total. The van der Waals surface area contributed by atoms with Crippen LogP contribution in [0, 0.1) is 0 Å². The summed E-state index contributed by atoms with van der Waals surface area (Å²) >= 11 is 0. The molecule has 0 bridgehead atoms. The van der Waals surface area contributed by atoms with Crippen LogP contribution < -0.4 is 4.72 Å². The summed E-state index contributed by atoms with van der Waals surface area (Å²) < 4.78 is 28.4. The minimum Gasteiger partial charge on any atom is -0.384 e. The molecule has 0 radical (unpaired) electrons. The Morgan fingerprint density at radius 2 is 1.88 bits per heavy atom. The summed E-state index contributed by atoms with van der Waals surface area (Å²) in [5, 5.41) is 11.9. The zero-order valence-corrected chi connectivity index (χ0v) is 15.0. The Morgan fingerprint density at radius 1 is 1.08 bits per heavy atom. The van der Waals surface area contributed by atoms with Gasteiger partial charge < -0.3 is 5.11 Å². The second-order valence-electron chi connectivity index (χ2n) is 6.70. The predicted molar refractivity (Wildman–Crippen MR) is 100 cm³/mol. The van der Waals surface area contributed by atoms with Gasteiger partial charge in [0.25, 0.3) is 0 Å². The molecule has 1 atom stereocenters. The summed E-state index contributed by atoms with van der Waals surface area (Å²) in [5.41, 5.74) is 1.12. The van der Waals surface area contributed by atoms with Crippen LogP contribution in [0.4, 0.5) is 0 Å². The monoisotopic (exact) mass is 368 g/mol. The molecule has 0 fully saturated rings. The summed E-state index contributed by atoms with van der Waals surface area (Å²) in [7, 11) is -3.80. The van der Waals surface area contributed by atoms with Crippen LogP contribution in [0.15, 0.2) is 65.7 Å². The van der Waals surface area contributed by atoms with Crippen LogP contribution in [0.25, 0.3) is 10.9 Å². The lowest BCUT2D eigenvalue weighted by atomic mass is 9.79. The van der Waals surface area contributed by atoms with Crippen molar-refractivity contribution in [2.24, 2.45) is 0 Å². The van der Waals surface area contributed by atoms with Crippen molar-refractivity contribution in [3.63, 3.8) is 0 Å². The van der Waals surface area contributed by atoms with Crippen LogP contribution >= 0.6 is 0 Å². The van der Waals surface area contributed by atoms with Crippen LogP contribution in [-0.2, 0) is 22.0 Å². The van der Waals surface area contributed by atoms with Gasteiger partial charge in [0.05, 0.1) is 5.52 Å². The molecule has 1 heterocycles. The first kappa shape index (κ1) is 17.1. The predicted octanol–water partition coefficient (Wildman–Crippen LogP) is 2.74. The molecule has 0 spiro atoms. The van der Waals surface area contributed by atoms with Gasteiger partial charge in [-0.25, -0.2) is 13.1 Å². The fourth-order valence-corrected chi connectivity index (χ4v) is 4.93. The van der Waals surface area contributed by atoms with E-state index in [0.29, 0.717) is 11.9 Å². The van der Waals surface area contributed by atoms with E-state index in [-0.39, 0.29) is 11.4 Å². The number of benzene rings is 2. The van der Waals surface area contributed by atoms with E-state index in [0.717, 1.165) is 29.4 Å². The van der Waals surface area contributed by atoms with Crippen LogP contribution in [-0.4, -0.2) is 25.1 Å². The number of nitrogens with one attached hydrogen (secondary N) is 1. The lowest BCUT2D eigenvalue weighted by Crippen LogP contribution is -2.43. The zero-order valence-electron chi connectivity index (χ0n) is 14.2. The standard InChI is InChI=1S/C20H20N2O3S/c23-20(12-4-8-15-6-1-2-10-17(15)20)14-22-26(24,25)18-11-3-7-16-9-5-13-21-19(16)18/h1-3,5-7,9-11,13,22-23H,4,8,12,14H2/t20-/m1/s1. The first-order valence-corrected chi connectivity index (χ1v) is 10.1. The number of nitrogens with zero attached hydrogens (tertiary/aromatic N) is 1. The van der Waals surface area contributed by atoms with E-state index in [9.17, 15) is 13.5 Å². The lowest BCUT2D eigenvalue weighted by molar-refractivity contribution is 0.0243. The van der Waals surface area contributed by atoms with Gasteiger partial charge in [0, 0.05) is 18.1 Å².